The first-order valence-electron chi connectivity index (χ1n) is 4.94. The van der Waals surface area contributed by atoms with Gasteiger partial charge >= 0.3 is 0 Å². The third-order valence-corrected chi connectivity index (χ3v) is 2.62. The van der Waals surface area contributed by atoms with Crippen LogP contribution in [0.5, 0.6) is 0 Å². The molecular formula is C11H15ClFNO. The van der Waals surface area contributed by atoms with Gasteiger partial charge in [0.05, 0.1) is 17.2 Å². The Balaban J connectivity index is 2.81. The summed E-state index contributed by atoms with van der Waals surface area (Å²) in [6.45, 7) is 1.97. The summed E-state index contributed by atoms with van der Waals surface area (Å²) in [5, 5.41) is 9.70. The van der Waals surface area contributed by atoms with Gasteiger partial charge in [0.1, 0.15) is 5.82 Å². The topological polar surface area (TPSA) is 46.2 Å². The van der Waals surface area contributed by atoms with Crippen molar-refractivity contribution >= 4 is 11.6 Å². The number of halogens is 2. The predicted octanol–water partition coefficient (Wildman–Crippen LogP) is 2.64. The van der Waals surface area contributed by atoms with Crippen molar-refractivity contribution in [2.45, 2.75) is 31.9 Å². The molecule has 0 aliphatic rings. The van der Waals surface area contributed by atoms with Gasteiger partial charge in [0.2, 0.25) is 0 Å². The van der Waals surface area contributed by atoms with Gasteiger partial charge in [0, 0.05) is 0 Å². The zero-order chi connectivity index (χ0) is 11.4. The van der Waals surface area contributed by atoms with E-state index in [1.54, 1.807) is 6.07 Å². The summed E-state index contributed by atoms with van der Waals surface area (Å²) < 4.78 is 12.9. The van der Waals surface area contributed by atoms with E-state index in [0.717, 1.165) is 6.42 Å². The van der Waals surface area contributed by atoms with Crippen LogP contribution in [0.4, 0.5) is 4.39 Å². The lowest BCUT2D eigenvalue weighted by Crippen LogP contribution is -2.25. The molecule has 0 amide bonds. The van der Waals surface area contributed by atoms with Gasteiger partial charge < -0.3 is 10.8 Å². The Morgan fingerprint density at radius 1 is 1.53 bits per heavy atom. The fourth-order valence-electron chi connectivity index (χ4n) is 1.42. The van der Waals surface area contributed by atoms with Crippen LogP contribution in [0.3, 0.4) is 0 Å². The molecule has 2 atom stereocenters. The number of hydrogen-bond donors (Lipinski definition) is 2. The van der Waals surface area contributed by atoms with Crippen LogP contribution >= 0.6 is 11.6 Å². The predicted molar refractivity (Wildman–Crippen MR) is 59.3 cm³/mol. The highest BCUT2D eigenvalue weighted by molar-refractivity contribution is 6.30. The molecule has 15 heavy (non-hydrogen) atoms. The zero-order valence-electron chi connectivity index (χ0n) is 8.58. The van der Waals surface area contributed by atoms with Crippen LogP contribution < -0.4 is 5.73 Å². The molecule has 3 N–H and O–H groups in total. The van der Waals surface area contributed by atoms with Crippen LogP contribution in [0.2, 0.25) is 5.02 Å². The van der Waals surface area contributed by atoms with E-state index in [2.05, 4.69) is 0 Å². The van der Waals surface area contributed by atoms with Crippen molar-refractivity contribution in [3.05, 3.63) is 34.6 Å². The van der Waals surface area contributed by atoms with E-state index in [4.69, 9.17) is 17.3 Å². The second-order valence-corrected chi connectivity index (χ2v) is 3.96. The summed E-state index contributed by atoms with van der Waals surface area (Å²) in [6.07, 6.45) is 0.858. The van der Waals surface area contributed by atoms with Crippen molar-refractivity contribution in [2.75, 3.05) is 0 Å². The third kappa shape index (κ3) is 3.16. The van der Waals surface area contributed by atoms with E-state index in [-0.39, 0.29) is 5.02 Å². The smallest absolute Gasteiger partial charge is 0.141 e. The molecule has 0 radical (unpaired) electrons. The summed E-state index contributed by atoms with van der Waals surface area (Å²) in [5.41, 5.74) is 6.47. The average molecular weight is 232 g/mol. The number of rotatable bonds is 4. The van der Waals surface area contributed by atoms with Gasteiger partial charge in [-0.3, -0.25) is 0 Å². The largest absolute Gasteiger partial charge is 0.391 e. The highest BCUT2D eigenvalue weighted by Crippen LogP contribution is 2.22. The minimum absolute atomic E-state index is 0.0339. The van der Waals surface area contributed by atoms with Crippen molar-refractivity contribution < 1.29 is 9.50 Å². The van der Waals surface area contributed by atoms with E-state index < -0.39 is 18.0 Å². The van der Waals surface area contributed by atoms with Crippen LogP contribution in [0.15, 0.2) is 18.2 Å². The Morgan fingerprint density at radius 2 is 2.20 bits per heavy atom. The Kier molecular flexibility index (Phi) is 4.51. The van der Waals surface area contributed by atoms with Crippen LogP contribution in [0, 0.1) is 5.82 Å². The normalized spacial score (nSPS) is 15.0. The van der Waals surface area contributed by atoms with Crippen LogP contribution in [-0.2, 0) is 0 Å². The second-order valence-electron chi connectivity index (χ2n) is 3.56. The van der Waals surface area contributed by atoms with Crippen LogP contribution in [0.25, 0.3) is 0 Å². The highest BCUT2D eigenvalue weighted by Gasteiger charge is 2.16. The summed E-state index contributed by atoms with van der Waals surface area (Å²) in [7, 11) is 0. The Morgan fingerprint density at radius 3 is 2.73 bits per heavy atom. The molecule has 1 aromatic carbocycles. The fraction of sp³-hybridized carbons (Fsp3) is 0.455. The summed E-state index contributed by atoms with van der Waals surface area (Å²) in [4.78, 5) is 0. The van der Waals surface area contributed by atoms with Gasteiger partial charge in [0.15, 0.2) is 0 Å². The molecule has 1 rings (SSSR count). The molecular weight excluding hydrogens is 217 g/mol. The lowest BCUT2D eigenvalue weighted by molar-refractivity contribution is 0.134. The molecule has 0 saturated heterocycles. The van der Waals surface area contributed by atoms with Crippen molar-refractivity contribution in [1.29, 1.82) is 0 Å². The molecule has 0 spiro atoms. The number of benzene rings is 1. The van der Waals surface area contributed by atoms with Gasteiger partial charge in [-0.2, -0.15) is 0 Å². The molecule has 0 aromatic heterocycles. The standard InChI is InChI=1S/C11H15ClFNO/c1-2-3-10(15)11(14)7-4-5-9(13)8(12)6-7/h4-6,10-11,15H,2-3,14H2,1H3/t10-,11+/m1/s1. The molecule has 84 valence electrons. The van der Waals surface area contributed by atoms with E-state index in [0.29, 0.717) is 12.0 Å². The van der Waals surface area contributed by atoms with E-state index in [9.17, 15) is 9.50 Å². The third-order valence-electron chi connectivity index (χ3n) is 2.33. The van der Waals surface area contributed by atoms with Crippen molar-refractivity contribution in [3.63, 3.8) is 0 Å². The first kappa shape index (κ1) is 12.4. The first-order chi connectivity index (χ1) is 7.06. The molecule has 0 unspecified atom stereocenters. The number of aliphatic hydroxyl groups is 1. The fourth-order valence-corrected chi connectivity index (χ4v) is 1.61. The maximum Gasteiger partial charge on any atom is 0.141 e. The van der Waals surface area contributed by atoms with Crippen molar-refractivity contribution in [1.82, 2.24) is 0 Å². The monoisotopic (exact) mass is 231 g/mol. The molecule has 0 bridgehead atoms. The number of hydrogen-bond acceptors (Lipinski definition) is 2. The van der Waals surface area contributed by atoms with E-state index >= 15 is 0 Å². The SMILES string of the molecule is CCC[C@@H](O)[C@@H](N)c1ccc(F)c(Cl)c1. The molecule has 0 fully saturated rings. The van der Waals surface area contributed by atoms with Gasteiger partial charge in [-0.25, -0.2) is 4.39 Å². The molecule has 0 aliphatic heterocycles. The van der Waals surface area contributed by atoms with Crippen LogP contribution in [-0.4, -0.2) is 11.2 Å². The molecule has 0 saturated carbocycles. The van der Waals surface area contributed by atoms with Crippen molar-refractivity contribution in [3.8, 4) is 0 Å². The maximum absolute atomic E-state index is 12.9. The molecule has 4 heteroatoms. The van der Waals surface area contributed by atoms with Gasteiger partial charge in [-0.1, -0.05) is 31.0 Å². The Labute approximate surface area is 93.9 Å². The van der Waals surface area contributed by atoms with Gasteiger partial charge in [0.25, 0.3) is 0 Å². The minimum atomic E-state index is -0.614. The van der Waals surface area contributed by atoms with Crippen LogP contribution in [0.1, 0.15) is 31.4 Å². The minimum Gasteiger partial charge on any atom is -0.391 e. The van der Waals surface area contributed by atoms with E-state index in [1.165, 1.54) is 12.1 Å². The molecule has 2 nitrogen and oxygen atoms in total. The number of nitrogens with two attached hydrogens (primary N) is 1. The Bertz CT molecular complexity index is 332. The highest BCUT2D eigenvalue weighted by atomic mass is 35.5. The van der Waals surface area contributed by atoms with Gasteiger partial charge in [-0.15, -0.1) is 0 Å². The first-order valence-corrected chi connectivity index (χ1v) is 5.32. The van der Waals surface area contributed by atoms with E-state index in [1.807, 2.05) is 6.92 Å². The van der Waals surface area contributed by atoms with Gasteiger partial charge in [-0.05, 0) is 24.1 Å². The molecule has 0 aliphatic carbocycles. The lowest BCUT2D eigenvalue weighted by atomic mass is 9.99. The number of aliphatic hydroxyl groups excluding tert-OH is 1. The maximum atomic E-state index is 12.9. The summed E-state index contributed by atoms with van der Waals surface area (Å²) in [6, 6.07) is 3.75. The zero-order valence-corrected chi connectivity index (χ0v) is 9.34. The quantitative estimate of drug-likeness (QED) is 0.837. The Hall–Kier alpha value is -0.640. The van der Waals surface area contributed by atoms with Crippen molar-refractivity contribution in [2.24, 2.45) is 5.73 Å². The average Bonchev–Trinajstić information content (AvgIpc) is 2.21. The second kappa shape index (κ2) is 5.45. The lowest BCUT2D eigenvalue weighted by Gasteiger charge is -2.18. The summed E-state index contributed by atoms with van der Waals surface area (Å²) >= 11 is 5.63. The molecule has 1 aromatic rings. The summed E-state index contributed by atoms with van der Waals surface area (Å²) in [5.74, 6) is -0.474. The molecule has 0 heterocycles.